The van der Waals surface area contributed by atoms with Crippen molar-refractivity contribution >= 4 is 11.2 Å². The number of fused-ring (bicyclic) bond motifs is 1. The highest BCUT2D eigenvalue weighted by atomic mass is 16.2. The van der Waals surface area contributed by atoms with Crippen LogP contribution in [0.5, 0.6) is 0 Å². The summed E-state index contributed by atoms with van der Waals surface area (Å²) in [7, 11) is 3.34. The van der Waals surface area contributed by atoms with Crippen molar-refractivity contribution in [3.63, 3.8) is 0 Å². The Morgan fingerprint density at radius 1 is 1.33 bits per heavy atom. The van der Waals surface area contributed by atoms with Crippen molar-refractivity contribution in [1.82, 2.24) is 24.4 Å². The molecule has 0 aliphatic heterocycles. The maximum Gasteiger partial charge on any atom is 0.329 e. The molecule has 0 saturated heterocycles. The number of aromatic nitrogens is 4. The molecule has 0 radical (unpaired) electrons. The molecule has 2 rings (SSSR count). The lowest BCUT2D eigenvalue weighted by Crippen LogP contribution is -2.29. The molecule has 0 fully saturated rings. The van der Waals surface area contributed by atoms with Crippen LogP contribution in [-0.2, 0) is 13.6 Å². The highest BCUT2D eigenvalue weighted by Crippen LogP contribution is 2.09. The van der Waals surface area contributed by atoms with Gasteiger partial charge < -0.3 is 5.32 Å². The number of hydrogen-bond donors (Lipinski definition) is 2. The molecule has 108 valence electrons. The van der Waals surface area contributed by atoms with Crippen molar-refractivity contribution < 1.29 is 0 Å². The van der Waals surface area contributed by atoms with E-state index in [1.54, 1.807) is 25.6 Å². The Kier molecular flexibility index (Phi) is 4.27. The number of imidazole rings is 1. The van der Waals surface area contributed by atoms with Crippen LogP contribution in [0.15, 0.2) is 9.59 Å². The van der Waals surface area contributed by atoms with Gasteiger partial charge in [-0.15, -0.1) is 5.92 Å². The van der Waals surface area contributed by atoms with Gasteiger partial charge in [0.25, 0.3) is 5.56 Å². The van der Waals surface area contributed by atoms with E-state index in [1.807, 2.05) is 0 Å². The van der Waals surface area contributed by atoms with Gasteiger partial charge in [-0.2, -0.15) is 0 Å². The first-order chi connectivity index (χ1) is 10.1. The molecular formula is C14H15N5O2. The molecule has 7 heteroatoms. The minimum atomic E-state index is -0.506. The summed E-state index contributed by atoms with van der Waals surface area (Å²) in [5.74, 6) is 11.8. The van der Waals surface area contributed by atoms with E-state index in [1.165, 1.54) is 4.57 Å². The fraction of sp³-hybridized carbons (Fsp3) is 0.357. The second-order valence-corrected chi connectivity index (χ2v) is 4.27. The van der Waals surface area contributed by atoms with Gasteiger partial charge in [-0.3, -0.25) is 18.9 Å². The van der Waals surface area contributed by atoms with Crippen LogP contribution < -0.4 is 16.6 Å². The lowest BCUT2D eigenvalue weighted by molar-refractivity contribution is 0.821. The predicted octanol–water partition coefficient (Wildman–Crippen LogP) is -0.982. The van der Waals surface area contributed by atoms with Crippen molar-refractivity contribution in [3.8, 4) is 23.7 Å². The van der Waals surface area contributed by atoms with Crippen LogP contribution in [0.4, 0.5) is 0 Å². The predicted molar refractivity (Wildman–Crippen MR) is 79.8 cm³/mol. The summed E-state index contributed by atoms with van der Waals surface area (Å²) in [6, 6.07) is 0. The van der Waals surface area contributed by atoms with Gasteiger partial charge in [0.2, 0.25) is 0 Å². The van der Waals surface area contributed by atoms with E-state index in [0.29, 0.717) is 23.5 Å². The fourth-order valence-electron chi connectivity index (χ4n) is 1.85. The van der Waals surface area contributed by atoms with Gasteiger partial charge in [-0.05, 0) is 19.9 Å². The quantitative estimate of drug-likeness (QED) is 0.694. The summed E-state index contributed by atoms with van der Waals surface area (Å²) < 4.78 is 2.91. The number of rotatable bonds is 2. The van der Waals surface area contributed by atoms with Crippen LogP contribution in [-0.4, -0.2) is 32.7 Å². The zero-order chi connectivity index (χ0) is 15.4. The molecule has 2 aromatic heterocycles. The van der Waals surface area contributed by atoms with Crippen LogP contribution in [0.1, 0.15) is 12.7 Å². The summed E-state index contributed by atoms with van der Waals surface area (Å²) >= 11 is 0. The molecule has 7 nitrogen and oxygen atoms in total. The van der Waals surface area contributed by atoms with Crippen LogP contribution in [0.2, 0.25) is 0 Å². The molecule has 0 unspecified atom stereocenters. The lowest BCUT2D eigenvalue weighted by Gasteiger charge is -2.00. The molecule has 0 aliphatic rings. The fourth-order valence-corrected chi connectivity index (χ4v) is 1.85. The van der Waals surface area contributed by atoms with Gasteiger partial charge in [0, 0.05) is 7.05 Å². The van der Waals surface area contributed by atoms with Gasteiger partial charge >= 0.3 is 5.69 Å². The van der Waals surface area contributed by atoms with Gasteiger partial charge in [0.15, 0.2) is 17.0 Å². The van der Waals surface area contributed by atoms with Gasteiger partial charge in [0.1, 0.15) is 0 Å². The van der Waals surface area contributed by atoms with Crippen LogP contribution in [0, 0.1) is 23.7 Å². The largest absolute Gasteiger partial charge is 0.329 e. The zero-order valence-corrected chi connectivity index (χ0v) is 12.1. The van der Waals surface area contributed by atoms with E-state index in [9.17, 15) is 9.59 Å². The third kappa shape index (κ3) is 2.73. The summed E-state index contributed by atoms with van der Waals surface area (Å²) in [6.45, 7) is 2.50. The molecule has 21 heavy (non-hydrogen) atoms. The van der Waals surface area contributed by atoms with Crippen LogP contribution >= 0.6 is 0 Å². The Morgan fingerprint density at radius 2 is 2.10 bits per heavy atom. The lowest BCUT2D eigenvalue weighted by atomic mass is 10.4. The number of aryl methyl sites for hydroxylation is 1. The van der Waals surface area contributed by atoms with Crippen molar-refractivity contribution in [3.05, 3.63) is 26.7 Å². The summed E-state index contributed by atoms with van der Waals surface area (Å²) in [5.41, 5.74) is -0.391. The third-order valence-corrected chi connectivity index (χ3v) is 2.89. The van der Waals surface area contributed by atoms with E-state index in [0.717, 1.165) is 0 Å². The highest BCUT2D eigenvalue weighted by molar-refractivity contribution is 5.72. The van der Waals surface area contributed by atoms with Gasteiger partial charge in [-0.1, -0.05) is 11.8 Å². The molecule has 0 atom stereocenters. The average molecular weight is 285 g/mol. The maximum atomic E-state index is 12.0. The first-order valence-corrected chi connectivity index (χ1v) is 6.32. The number of nitrogens with zero attached hydrogens (tertiary/aromatic N) is 3. The first-order valence-electron chi connectivity index (χ1n) is 6.32. The van der Waals surface area contributed by atoms with Crippen molar-refractivity contribution in [1.29, 1.82) is 0 Å². The van der Waals surface area contributed by atoms with E-state index >= 15 is 0 Å². The van der Waals surface area contributed by atoms with Crippen molar-refractivity contribution in [2.75, 3.05) is 13.6 Å². The Morgan fingerprint density at radius 3 is 2.76 bits per heavy atom. The molecule has 0 aliphatic carbocycles. The summed E-state index contributed by atoms with van der Waals surface area (Å²) in [4.78, 5) is 30.2. The normalized spacial score (nSPS) is 9.86. The maximum absolute atomic E-state index is 12.0. The van der Waals surface area contributed by atoms with E-state index in [-0.39, 0.29) is 6.54 Å². The molecule has 2 N–H and O–H groups in total. The monoisotopic (exact) mass is 285 g/mol. The van der Waals surface area contributed by atoms with Crippen LogP contribution in [0.25, 0.3) is 11.2 Å². The molecule has 2 heterocycles. The zero-order valence-electron chi connectivity index (χ0n) is 12.1. The topological polar surface area (TPSA) is 84.7 Å². The number of H-pyrrole nitrogens is 1. The second-order valence-electron chi connectivity index (χ2n) is 4.27. The number of hydrogen-bond acceptors (Lipinski definition) is 4. The molecule has 0 bridgehead atoms. The molecular weight excluding hydrogens is 270 g/mol. The van der Waals surface area contributed by atoms with Gasteiger partial charge in [0.05, 0.1) is 13.1 Å². The van der Waals surface area contributed by atoms with Crippen LogP contribution in [0.3, 0.4) is 0 Å². The van der Waals surface area contributed by atoms with Gasteiger partial charge in [-0.25, -0.2) is 9.78 Å². The number of nitrogens with one attached hydrogen (secondary N) is 2. The highest BCUT2D eigenvalue weighted by Gasteiger charge is 2.15. The molecule has 0 amide bonds. The molecule has 0 saturated carbocycles. The Balaban J connectivity index is 2.79. The Hall–Kier alpha value is -2.77. The molecule has 0 aromatic carbocycles. The minimum absolute atomic E-state index is 0.290. The first kappa shape index (κ1) is 14.6. The average Bonchev–Trinajstić information content (AvgIpc) is 2.82. The number of aromatic amines is 1. The van der Waals surface area contributed by atoms with E-state index < -0.39 is 11.2 Å². The van der Waals surface area contributed by atoms with Crippen molar-refractivity contribution in [2.45, 2.75) is 13.5 Å². The van der Waals surface area contributed by atoms with Crippen molar-refractivity contribution in [2.24, 2.45) is 7.05 Å². The van der Waals surface area contributed by atoms with E-state index in [2.05, 4.69) is 39.0 Å². The second kappa shape index (κ2) is 6.12. The molecule has 2 aromatic rings. The molecule has 0 spiro atoms. The summed E-state index contributed by atoms with van der Waals surface area (Å²) in [5, 5.41) is 2.90. The SMILES string of the molecule is CC#CCn1c(C#CCNC)nc2c1c(=O)[nH]c(=O)n2C. The third-order valence-electron chi connectivity index (χ3n) is 2.89. The Labute approximate surface area is 121 Å². The minimum Gasteiger partial charge on any atom is -0.309 e. The summed E-state index contributed by atoms with van der Waals surface area (Å²) in [6.07, 6.45) is 0. The standard InChI is InChI=1S/C14H15N5O2/c1-4-5-9-19-10(7-6-8-15-2)16-12-11(19)13(20)17-14(21)18(12)3/h15H,8-9H2,1-3H3,(H,17,20,21). The smallest absolute Gasteiger partial charge is 0.309 e. The van der Waals surface area contributed by atoms with E-state index in [4.69, 9.17) is 0 Å². The Bertz CT molecular complexity index is 909.